The van der Waals surface area contributed by atoms with E-state index in [2.05, 4.69) is 224 Å². The molecule has 0 aliphatic rings. The van der Waals surface area contributed by atoms with Crippen LogP contribution < -0.4 is 32.0 Å². The molecule has 0 atom stereocenters. The molecule has 0 aliphatic heterocycles. The molecule has 0 bridgehead atoms. The molecule has 7 rings (SSSR count). The van der Waals surface area contributed by atoms with E-state index in [0.29, 0.717) is 0 Å². The first kappa shape index (κ1) is 85.3. The number of imidazole rings is 2. The molecular weight excluding hydrogens is 1400 g/mol. The van der Waals surface area contributed by atoms with Crippen LogP contribution in [0.1, 0.15) is 84.2 Å². The number of hydrogen-bond acceptors (Lipinski definition) is 0. The Morgan fingerprint density at radius 3 is 1.31 bits per heavy atom. The fourth-order valence-corrected chi connectivity index (χ4v) is 5.61. The fourth-order valence-electron chi connectivity index (χ4n) is 5.61. The summed E-state index contributed by atoms with van der Waals surface area (Å²) in [6, 6.07) is 28.9. The predicted octanol–water partition coefficient (Wildman–Crippen LogP) is 8.74. The Morgan fingerprint density at radius 2 is 0.957 bits per heavy atom. The van der Waals surface area contributed by atoms with Gasteiger partial charge in [-0.2, -0.15) is 0 Å². The quantitative estimate of drug-likeness (QED) is 0.119. The number of H-pyrrole nitrogens is 1. The summed E-state index contributed by atoms with van der Waals surface area (Å²) in [5.41, 5.74) is 3.98. The summed E-state index contributed by atoms with van der Waals surface area (Å²) < 4.78 is 16.9. The summed E-state index contributed by atoms with van der Waals surface area (Å²) in [7, 11) is 0. The van der Waals surface area contributed by atoms with Gasteiger partial charge in [-0.05, 0) is 39.7 Å². The first-order valence-electron chi connectivity index (χ1n) is 22.8. The third-order valence-electron chi connectivity index (χ3n) is 9.43. The molecule has 9 nitrogen and oxygen atoms in total. The largest absolute Gasteiger partial charge is 0.250 e. The van der Waals surface area contributed by atoms with Crippen molar-refractivity contribution in [2.45, 2.75) is 127 Å². The van der Waals surface area contributed by atoms with Crippen LogP contribution in [0.3, 0.4) is 0 Å². The molecular formula is C54H82N9Y7+7. The van der Waals surface area contributed by atoms with Gasteiger partial charge < -0.3 is 0 Å². The van der Waals surface area contributed by atoms with Gasteiger partial charge in [-0.3, -0.25) is 0 Å². The van der Waals surface area contributed by atoms with Gasteiger partial charge in [-0.1, -0.05) is 64.6 Å². The number of rotatable bonds is 12. The van der Waals surface area contributed by atoms with E-state index in [0.717, 1.165) is 39.3 Å². The van der Waals surface area contributed by atoms with Gasteiger partial charge in [-0.25, -0.2) is 41.5 Å². The van der Waals surface area contributed by atoms with E-state index in [1.54, 1.807) is 12.4 Å². The minimum atomic E-state index is 0. The Bertz CT molecular complexity index is 2140. The van der Waals surface area contributed by atoms with E-state index in [9.17, 15) is 0 Å². The van der Waals surface area contributed by atoms with Crippen LogP contribution in [0.2, 0.25) is 0 Å². The smallest absolute Gasteiger partial charge is 0.248 e. The molecule has 0 spiro atoms. The van der Waals surface area contributed by atoms with Gasteiger partial charge in [0.2, 0.25) is 12.7 Å². The molecule has 0 saturated heterocycles. The molecule has 0 aliphatic carbocycles. The summed E-state index contributed by atoms with van der Waals surface area (Å²) >= 11 is 0. The summed E-state index contributed by atoms with van der Waals surface area (Å²) in [6.07, 6.45) is 36.7. The van der Waals surface area contributed by atoms with Gasteiger partial charge in [0.25, 0.3) is 0 Å². The van der Waals surface area contributed by atoms with Crippen molar-refractivity contribution in [1.82, 2.24) is 9.55 Å². The normalized spacial score (nSPS) is 8.53. The Kier molecular flexibility index (Phi) is 72.7. The number of unbranched alkanes of at least 4 members (excludes halogenated alkanes) is 1. The van der Waals surface area contributed by atoms with Crippen molar-refractivity contribution in [3.8, 4) is 0 Å². The Labute approximate surface area is 601 Å². The van der Waals surface area contributed by atoms with E-state index >= 15 is 0 Å². The van der Waals surface area contributed by atoms with Crippen LogP contribution >= 0.6 is 0 Å². The molecule has 7 radical (unpaired) electrons. The third-order valence-corrected chi connectivity index (χ3v) is 9.43. The standard InChI is InChI=1S/C9H15N2.C9H14N.3C8H12N.C7H10N.C5H6N2.7Y/c1-3-5-6-11-8-7-10(4-2)9-11;1-3-7-10-8-5-4-6-9(10)2;1-3-9-6-4-8(2)5-7-9;1-3-9-7-5-4-6-8(9)2;1-2-6-9-7-4-3-5-8-9;1-2-8-6-4-3-5-7-8;1-2-7-4-3-6-5-7;;;;;;;/h4,7-9H,2-3,5-6H2,1H3;4-6,8H,3,7H2,1-2H3;2*4-7H,3H2,1-2H3;3-5,7-8H,2,6H2,1H3;3-7H,2H2,1H3;2-5H,1H2;;;;;;;/q6*+1;;;;;;;;/p+1. The van der Waals surface area contributed by atoms with Crippen molar-refractivity contribution in [2.75, 3.05) is 0 Å². The third kappa shape index (κ3) is 44.5. The van der Waals surface area contributed by atoms with Crippen LogP contribution in [-0.4, -0.2) is 9.55 Å². The number of aryl methyl sites for hydroxylation is 9. The molecule has 0 unspecified atom stereocenters. The Morgan fingerprint density at radius 1 is 0.471 bits per heavy atom. The molecule has 0 amide bonds. The minimum Gasteiger partial charge on any atom is -0.250 e. The number of aromatic nitrogens is 9. The Hall–Kier alpha value is 1.38. The predicted molar refractivity (Wildman–Crippen MR) is 258 cm³/mol. The van der Waals surface area contributed by atoms with Crippen LogP contribution in [0.15, 0.2) is 185 Å². The SMILES string of the molecule is C=C[n+]1cc[nH]c1.C=Cn1cc[n+](CCCC)c1.CCC[n+]1ccccc1.CCC[n+]1ccccc1C.CC[n+]1ccc(C)cc1.CC[n+]1ccccc1.CC[n+]1ccccc1C.[Y].[Y].[Y].[Y].[Y].[Y].[Y]. The Balaban J connectivity index is -0.000000131. The average molecular weight is 1480 g/mol. The van der Waals surface area contributed by atoms with Crippen molar-refractivity contribution in [2.24, 2.45) is 0 Å². The number of nitrogens with zero attached hydrogens (tertiary/aromatic N) is 8. The first-order chi connectivity index (χ1) is 30.7. The summed E-state index contributed by atoms with van der Waals surface area (Å²) in [6.45, 7) is 33.1. The van der Waals surface area contributed by atoms with Crippen molar-refractivity contribution in [3.05, 3.63) is 202 Å². The maximum atomic E-state index is 3.67. The molecule has 7 aromatic heterocycles. The molecule has 357 valence electrons. The van der Waals surface area contributed by atoms with Crippen molar-refractivity contribution in [3.63, 3.8) is 0 Å². The molecule has 7 heterocycles. The maximum absolute atomic E-state index is 3.67. The van der Waals surface area contributed by atoms with E-state index < -0.39 is 0 Å². The molecule has 1 N–H and O–H groups in total. The van der Waals surface area contributed by atoms with E-state index in [1.165, 1.54) is 42.6 Å². The van der Waals surface area contributed by atoms with Gasteiger partial charge in [0.15, 0.2) is 61.0 Å². The number of pyridine rings is 5. The van der Waals surface area contributed by atoms with Crippen LogP contribution in [0, 0.1) is 20.8 Å². The molecule has 0 fully saturated rings. The zero-order valence-corrected chi connectivity index (χ0v) is 64.3. The summed E-state index contributed by atoms with van der Waals surface area (Å²) in [5.74, 6) is 0. The van der Waals surface area contributed by atoms with Gasteiger partial charge >= 0.3 is 0 Å². The zero-order valence-electron chi connectivity index (χ0n) is 44.4. The topological polar surface area (TPSA) is 47.9 Å². The van der Waals surface area contributed by atoms with E-state index in [1.807, 2.05) is 64.6 Å². The second kappa shape index (κ2) is 59.6. The van der Waals surface area contributed by atoms with Gasteiger partial charge in [-0.15, -0.1) is 0 Å². The molecule has 0 aromatic carbocycles. The van der Waals surface area contributed by atoms with Crippen molar-refractivity contribution >= 4 is 12.4 Å². The molecule has 7 aromatic rings. The van der Waals surface area contributed by atoms with Crippen molar-refractivity contribution in [1.29, 1.82) is 0 Å². The van der Waals surface area contributed by atoms with Gasteiger partial charge in [0.1, 0.15) is 57.5 Å². The molecule has 0 saturated carbocycles. The van der Waals surface area contributed by atoms with Crippen LogP contribution in [0.5, 0.6) is 0 Å². The van der Waals surface area contributed by atoms with Crippen LogP contribution in [0.25, 0.3) is 12.4 Å². The van der Waals surface area contributed by atoms with Crippen LogP contribution in [-0.2, 0) is 268 Å². The van der Waals surface area contributed by atoms with Gasteiger partial charge in [0.05, 0.1) is 18.9 Å². The number of aromatic amines is 1. The zero-order chi connectivity index (χ0) is 46.3. The fraction of sp³-hybridized carbons (Fsp3) is 0.352. The monoisotopic (exact) mass is 1480 g/mol. The van der Waals surface area contributed by atoms with Crippen molar-refractivity contribution < 1.29 is 261 Å². The average Bonchev–Trinajstić information content (AvgIpc) is 4.05. The second-order valence-electron chi connectivity index (χ2n) is 14.6. The number of hydrogen-bond donors (Lipinski definition) is 1. The first-order valence-corrected chi connectivity index (χ1v) is 22.8. The number of nitrogens with one attached hydrogen (secondary N) is 1. The summed E-state index contributed by atoms with van der Waals surface area (Å²) in [4.78, 5) is 2.87. The van der Waals surface area contributed by atoms with E-state index in [4.69, 9.17) is 0 Å². The van der Waals surface area contributed by atoms with E-state index in [-0.39, 0.29) is 229 Å². The summed E-state index contributed by atoms with van der Waals surface area (Å²) in [5, 5.41) is 0. The minimum absolute atomic E-state index is 0. The molecule has 70 heavy (non-hydrogen) atoms. The van der Waals surface area contributed by atoms with Gasteiger partial charge in [0, 0.05) is 316 Å². The molecule has 16 heteroatoms. The van der Waals surface area contributed by atoms with Crippen LogP contribution in [0.4, 0.5) is 0 Å². The maximum Gasteiger partial charge on any atom is 0.248 e. The second-order valence-corrected chi connectivity index (χ2v) is 14.6.